The number of sulfonamides is 1. The largest absolute Gasteiger partial charge is 0.468 e. The first-order valence-electron chi connectivity index (χ1n) is 13.0. The van der Waals surface area contributed by atoms with Gasteiger partial charge >= 0.3 is 5.97 Å². The van der Waals surface area contributed by atoms with Gasteiger partial charge in [-0.1, -0.05) is 66.2 Å². The summed E-state index contributed by atoms with van der Waals surface area (Å²) in [5, 5.41) is 0. The molecule has 2 heterocycles. The minimum absolute atomic E-state index is 0.0127. The van der Waals surface area contributed by atoms with Crippen LogP contribution in [0.25, 0.3) is 11.1 Å². The zero-order valence-electron chi connectivity index (χ0n) is 21.6. The lowest BCUT2D eigenvalue weighted by atomic mass is 9.69. The highest BCUT2D eigenvalue weighted by Gasteiger charge is 2.62. The first-order chi connectivity index (χ1) is 18.3. The van der Waals surface area contributed by atoms with Crippen LogP contribution in [0.4, 0.5) is 5.69 Å². The summed E-state index contributed by atoms with van der Waals surface area (Å²) in [5.41, 5.74) is 3.91. The Labute approximate surface area is 223 Å². The molecule has 2 aliphatic heterocycles. The summed E-state index contributed by atoms with van der Waals surface area (Å²) in [7, 11) is -2.56. The first-order valence-corrected chi connectivity index (χ1v) is 14.4. The third-order valence-electron chi connectivity index (χ3n) is 8.45. The van der Waals surface area contributed by atoms with Crippen LogP contribution >= 0.6 is 0 Å². The Balaban J connectivity index is 1.66. The SMILES string of the molecule is COC(=O)C12CN(S(=O)(=O)c3ccc(C)cc3)c3ccccc3C1=C(c1ccccc1)C1(CCOCC1)C2. The average Bonchev–Trinajstić information content (AvgIpc) is 3.23. The number of rotatable bonds is 4. The van der Waals surface area contributed by atoms with Crippen molar-refractivity contribution in [3.63, 3.8) is 0 Å². The van der Waals surface area contributed by atoms with E-state index in [1.807, 2.05) is 49.4 Å². The molecule has 1 saturated heterocycles. The van der Waals surface area contributed by atoms with Gasteiger partial charge < -0.3 is 9.47 Å². The molecule has 38 heavy (non-hydrogen) atoms. The fraction of sp³-hybridized carbons (Fsp3) is 0.323. The van der Waals surface area contributed by atoms with Gasteiger partial charge in [0, 0.05) is 24.2 Å². The summed E-state index contributed by atoms with van der Waals surface area (Å²) in [6, 6.07) is 24.6. The molecule has 1 atom stereocenters. The highest BCUT2D eigenvalue weighted by molar-refractivity contribution is 7.92. The predicted molar refractivity (Wildman–Crippen MR) is 147 cm³/mol. The lowest BCUT2D eigenvalue weighted by molar-refractivity contribution is -0.150. The summed E-state index contributed by atoms with van der Waals surface area (Å²) in [5.74, 6) is -0.400. The molecule has 1 spiro atoms. The number of fused-ring (bicyclic) bond motifs is 3. The number of carbonyl (C=O) groups excluding carboxylic acids is 1. The molecule has 3 aliphatic rings. The van der Waals surface area contributed by atoms with E-state index in [9.17, 15) is 13.2 Å². The zero-order chi connectivity index (χ0) is 26.5. The third kappa shape index (κ3) is 3.63. The van der Waals surface area contributed by atoms with Crippen LogP contribution in [0.3, 0.4) is 0 Å². The van der Waals surface area contributed by atoms with Gasteiger partial charge in [0.2, 0.25) is 0 Å². The molecule has 3 aromatic carbocycles. The van der Waals surface area contributed by atoms with E-state index in [4.69, 9.17) is 9.47 Å². The number of methoxy groups -OCH3 is 1. The topological polar surface area (TPSA) is 72.9 Å². The number of hydrogen-bond acceptors (Lipinski definition) is 5. The molecular weight excluding hydrogens is 498 g/mol. The third-order valence-corrected chi connectivity index (χ3v) is 10.2. The Hall–Kier alpha value is -3.42. The molecule has 1 fully saturated rings. The smallest absolute Gasteiger partial charge is 0.318 e. The van der Waals surface area contributed by atoms with Crippen molar-refractivity contribution >= 4 is 32.8 Å². The standard InChI is InChI=1S/C31H31NO5S/c1-22-12-14-24(15-13-22)38(34,35)32-21-31(29(33)36-2)20-30(16-18-37-19-17-30)27(23-8-4-3-5-9-23)28(31)25-10-6-7-11-26(25)32/h3-15H,16-21H2,1-2H3. The maximum atomic E-state index is 14.2. The van der Waals surface area contributed by atoms with Crippen molar-refractivity contribution in [2.45, 2.75) is 31.1 Å². The highest BCUT2D eigenvalue weighted by Crippen LogP contribution is 2.67. The quantitative estimate of drug-likeness (QED) is 0.419. The molecule has 1 aliphatic carbocycles. The van der Waals surface area contributed by atoms with E-state index < -0.39 is 21.4 Å². The molecule has 7 heteroatoms. The lowest BCUT2D eigenvalue weighted by Crippen LogP contribution is -2.50. The number of benzene rings is 3. The maximum absolute atomic E-state index is 14.2. The van der Waals surface area contributed by atoms with E-state index in [1.54, 1.807) is 24.3 Å². The van der Waals surface area contributed by atoms with E-state index >= 15 is 0 Å². The molecule has 6 rings (SSSR count). The molecule has 196 valence electrons. The molecule has 3 aromatic rings. The Morgan fingerprint density at radius 3 is 2.24 bits per heavy atom. The summed E-state index contributed by atoms with van der Waals surface area (Å²) < 4.78 is 41.0. The summed E-state index contributed by atoms with van der Waals surface area (Å²) in [4.78, 5) is 14.1. The number of aryl methyl sites for hydroxylation is 1. The van der Waals surface area contributed by atoms with Gasteiger partial charge in [0.25, 0.3) is 10.0 Å². The molecule has 0 aromatic heterocycles. The van der Waals surface area contributed by atoms with Crippen molar-refractivity contribution in [1.82, 2.24) is 0 Å². The van der Waals surface area contributed by atoms with Gasteiger partial charge in [-0.05, 0) is 61.1 Å². The van der Waals surface area contributed by atoms with E-state index in [2.05, 4.69) is 12.1 Å². The second-order valence-corrected chi connectivity index (χ2v) is 12.5. The second kappa shape index (κ2) is 9.10. The van der Waals surface area contributed by atoms with Gasteiger partial charge in [-0.2, -0.15) is 0 Å². The fourth-order valence-electron chi connectivity index (χ4n) is 6.75. The van der Waals surface area contributed by atoms with Crippen LogP contribution in [0, 0.1) is 17.8 Å². The van der Waals surface area contributed by atoms with Gasteiger partial charge in [0.1, 0.15) is 5.41 Å². The van der Waals surface area contributed by atoms with Crippen LogP contribution in [-0.4, -0.2) is 41.3 Å². The van der Waals surface area contributed by atoms with Crippen molar-refractivity contribution in [3.05, 3.63) is 95.6 Å². The van der Waals surface area contributed by atoms with Gasteiger partial charge in [-0.3, -0.25) is 9.10 Å². The Bertz CT molecular complexity index is 1520. The van der Waals surface area contributed by atoms with Gasteiger partial charge in [-0.15, -0.1) is 0 Å². The predicted octanol–water partition coefficient (Wildman–Crippen LogP) is 5.47. The minimum Gasteiger partial charge on any atom is -0.468 e. The van der Waals surface area contributed by atoms with E-state index in [1.165, 1.54) is 11.4 Å². The van der Waals surface area contributed by atoms with Crippen molar-refractivity contribution < 1.29 is 22.7 Å². The van der Waals surface area contributed by atoms with Gasteiger partial charge in [0.15, 0.2) is 0 Å². The molecule has 0 amide bonds. The number of para-hydroxylation sites is 1. The molecule has 6 nitrogen and oxygen atoms in total. The Morgan fingerprint density at radius 2 is 1.55 bits per heavy atom. The van der Waals surface area contributed by atoms with Crippen molar-refractivity contribution in [3.8, 4) is 0 Å². The number of nitrogens with zero attached hydrogens (tertiary/aromatic N) is 1. The Kier molecular flexibility index (Phi) is 5.96. The maximum Gasteiger partial charge on any atom is 0.318 e. The molecule has 0 N–H and O–H groups in total. The summed E-state index contributed by atoms with van der Waals surface area (Å²) in [6.07, 6.45) is 1.99. The number of anilines is 1. The van der Waals surface area contributed by atoms with Crippen LogP contribution in [-0.2, 0) is 24.3 Å². The summed E-state index contributed by atoms with van der Waals surface area (Å²) >= 11 is 0. The minimum atomic E-state index is -3.96. The molecule has 0 bridgehead atoms. The second-order valence-electron chi connectivity index (χ2n) is 10.6. The molecule has 0 saturated carbocycles. The fourth-order valence-corrected chi connectivity index (χ4v) is 8.29. The van der Waals surface area contributed by atoms with Crippen LogP contribution in [0.15, 0.2) is 83.8 Å². The van der Waals surface area contributed by atoms with E-state index in [0.29, 0.717) is 25.3 Å². The van der Waals surface area contributed by atoms with E-state index in [0.717, 1.165) is 40.7 Å². The van der Waals surface area contributed by atoms with E-state index in [-0.39, 0.29) is 16.9 Å². The monoisotopic (exact) mass is 529 g/mol. The number of hydrogen-bond donors (Lipinski definition) is 0. The van der Waals surface area contributed by atoms with Gasteiger partial charge in [-0.25, -0.2) is 8.42 Å². The number of esters is 1. The Morgan fingerprint density at radius 1 is 0.895 bits per heavy atom. The lowest BCUT2D eigenvalue weighted by Gasteiger charge is -2.43. The number of carbonyl (C=O) groups is 1. The van der Waals surface area contributed by atoms with Crippen LogP contribution in [0.5, 0.6) is 0 Å². The van der Waals surface area contributed by atoms with Crippen molar-refractivity contribution in [2.24, 2.45) is 10.8 Å². The van der Waals surface area contributed by atoms with Crippen LogP contribution < -0.4 is 4.31 Å². The van der Waals surface area contributed by atoms with Crippen LogP contribution in [0.2, 0.25) is 0 Å². The highest BCUT2D eigenvalue weighted by atomic mass is 32.2. The first kappa shape index (κ1) is 24.9. The average molecular weight is 530 g/mol. The molecular formula is C31H31NO5S. The normalized spacial score (nSPS) is 22.2. The number of allylic oxidation sites excluding steroid dienone is 1. The number of ether oxygens (including phenoxy) is 2. The van der Waals surface area contributed by atoms with Crippen molar-refractivity contribution in [1.29, 1.82) is 0 Å². The van der Waals surface area contributed by atoms with Crippen LogP contribution in [0.1, 0.15) is 36.0 Å². The van der Waals surface area contributed by atoms with Gasteiger partial charge in [0.05, 0.1) is 24.2 Å². The molecule has 1 unspecified atom stereocenters. The van der Waals surface area contributed by atoms with Crippen molar-refractivity contribution in [2.75, 3.05) is 31.2 Å². The molecule has 0 radical (unpaired) electrons. The zero-order valence-corrected chi connectivity index (χ0v) is 22.5. The summed E-state index contributed by atoms with van der Waals surface area (Å²) in [6.45, 7) is 3.09.